The zero-order chi connectivity index (χ0) is 20.8. The van der Waals surface area contributed by atoms with Crippen LogP contribution in [-0.2, 0) is 25.7 Å². The summed E-state index contributed by atoms with van der Waals surface area (Å²) in [6.45, 7) is 2.24. The van der Waals surface area contributed by atoms with E-state index in [4.69, 9.17) is 9.47 Å². The molecule has 7 nitrogen and oxygen atoms in total. The van der Waals surface area contributed by atoms with Crippen LogP contribution >= 0.6 is 0 Å². The van der Waals surface area contributed by atoms with E-state index in [9.17, 15) is 14.4 Å². The van der Waals surface area contributed by atoms with E-state index in [0.29, 0.717) is 18.0 Å². The summed E-state index contributed by atoms with van der Waals surface area (Å²) < 4.78 is 10.5. The highest BCUT2D eigenvalue weighted by molar-refractivity contribution is 5.96. The lowest BCUT2D eigenvalue weighted by Crippen LogP contribution is -2.33. The molecule has 152 valence electrons. The first kappa shape index (κ1) is 20.4. The van der Waals surface area contributed by atoms with Crippen LogP contribution in [-0.4, -0.2) is 42.4 Å². The van der Waals surface area contributed by atoms with Crippen molar-refractivity contribution in [3.8, 4) is 5.75 Å². The molecule has 2 aromatic rings. The monoisotopic (exact) mass is 396 g/mol. The molecule has 0 aliphatic carbocycles. The average molecular weight is 396 g/mol. The molecule has 2 aromatic carbocycles. The third kappa shape index (κ3) is 5.13. The van der Waals surface area contributed by atoms with Crippen LogP contribution in [0.3, 0.4) is 0 Å². The molecule has 2 atom stereocenters. The van der Waals surface area contributed by atoms with Gasteiger partial charge in [-0.3, -0.25) is 14.4 Å². The molecule has 1 N–H and O–H groups in total. The highest BCUT2D eigenvalue weighted by atomic mass is 16.5. The molecule has 3 rings (SSSR count). The summed E-state index contributed by atoms with van der Waals surface area (Å²) in [5.74, 6) is -1.17. The summed E-state index contributed by atoms with van der Waals surface area (Å²) in [7, 11) is 1.51. The molecule has 7 heteroatoms. The maximum Gasteiger partial charge on any atom is 0.312 e. The highest BCUT2D eigenvalue weighted by Crippen LogP contribution is 2.24. The maximum absolute atomic E-state index is 12.5. The van der Waals surface area contributed by atoms with E-state index in [1.807, 2.05) is 30.3 Å². The van der Waals surface area contributed by atoms with Gasteiger partial charge in [0.1, 0.15) is 5.75 Å². The number of para-hydroxylation sites is 2. The molecule has 0 saturated carbocycles. The van der Waals surface area contributed by atoms with Crippen LogP contribution in [0.1, 0.15) is 18.9 Å². The van der Waals surface area contributed by atoms with Crippen LogP contribution < -0.4 is 10.1 Å². The van der Waals surface area contributed by atoms with Gasteiger partial charge in [-0.05, 0) is 24.6 Å². The summed E-state index contributed by atoms with van der Waals surface area (Å²) in [6, 6.07) is 16.6. The Balaban J connectivity index is 1.54. The maximum atomic E-state index is 12.5. The van der Waals surface area contributed by atoms with Gasteiger partial charge in [-0.2, -0.15) is 0 Å². The Hall–Kier alpha value is -3.35. The van der Waals surface area contributed by atoms with Gasteiger partial charge in [0.25, 0.3) is 5.91 Å². The number of carbonyl (C=O) groups is 3. The Kier molecular flexibility index (Phi) is 6.49. The van der Waals surface area contributed by atoms with Gasteiger partial charge in [0.05, 0.1) is 18.7 Å². The number of hydrogen-bond donors (Lipinski definition) is 1. The van der Waals surface area contributed by atoms with Gasteiger partial charge >= 0.3 is 5.97 Å². The molecule has 0 radical (unpaired) electrons. The second-order valence-electron chi connectivity index (χ2n) is 6.93. The Morgan fingerprint density at radius 2 is 1.83 bits per heavy atom. The minimum absolute atomic E-state index is 0.0898. The Labute approximate surface area is 169 Å². The first-order chi connectivity index (χ1) is 14.0. The second-order valence-corrected chi connectivity index (χ2v) is 6.93. The molecular formula is C22H24N2O5. The number of amides is 2. The van der Waals surface area contributed by atoms with Crippen molar-refractivity contribution >= 4 is 23.5 Å². The largest absolute Gasteiger partial charge is 0.495 e. The van der Waals surface area contributed by atoms with Crippen LogP contribution in [0, 0.1) is 5.92 Å². The molecule has 1 aliphatic heterocycles. The van der Waals surface area contributed by atoms with Crippen molar-refractivity contribution in [2.75, 3.05) is 19.0 Å². The summed E-state index contributed by atoms with van der Waals surface area (Å²) in [6.07, 6.45) is -0.905. The number of anilines is 1. The molecular weight excluding hydrogens is 372 g/mol. The fraction of sp³-hybridized carbons (Fsp3) is 0.318. The molecule has 1 heterocycles. The number of benzene rings is 2. The third-order valence-corrected chi connectivity index (χ3v) is 4.79. The van der Waals surface area contributed by atoms with E-state index in [2.05, 4.69) is 5.32 Å². The smallest absolute Gasteiger partial charge is 0.312 e. The first-order valence-corrected chi connectivity index (χ1v) is 9.44. The van der Waals surface area contributed by atoms with E-state index in [1.165, 1.54) is 14.0 Å². The van der Waals surface area contributed by atoms with E-state index in [1.54, 1.807) is 29.2 Å². The standard InChI is InChI=1S/C22H24N2O5/c1-15(21(26)23-18-10-6-7-11-19(18)28-2)29-22(27)17-12-20(25)24(14-17)13-16-8-4-3-5-9-16/h3-11,15,17H,12-14H2,1-2H3,(H,23,26). The minimum atomic E-state index is -0.995. The van der Waals surface area contributed by atoms with Gasteiger partial charge in [-0.25, -0.2) is 0 Å². The lowest BCUT2D eigenvalue weighted by molar-refractivity contribution is -0.157. The number of nitrogens with one attached hydrogen (secondary N) is 1. The molecule has 0 aromatic heterocycles. The Bertz CT molecular complexity index is 884. The van der Waals surface area contributed by atoms with Crippen molar-refractivity contribution in [2.24, 2.45) is 5.92 Å². The summed E-state index contributed by atoms with van der Waals surface area (Å²) >= 11 is 0. The predicted molar refractivity (Wildman–Crippen MR) is 107 cm³/mol. The molecule has 0 bridgehead atoms. The molecule has 29 heavy (non-hydrogen) atoms. The van der Waals surface area contributed by atoms with Crippen LogP contribution in [0.5, 0.6) is 5.75 Å². The van der Waals surface area contributed by atoms with Gasteiger partial charge in [0.2, 0.25) is 5.91 Å². The lowest BCUT2D eigenvalue weighted by Gasteiger charge is -2.18. The van der Waals surface area contributed by atoms with Crippen LogP contribution in [0.25, 0.3) is 0 Å². The van der Waals surface area contributed by atoms with Crippen molar-refractivity contribution in [3.63, 3.8) is 0 Å². The minimum Gasteiger partial charge on any atom is -0.495 e. The topological polar surface area (TPSA) is 84.9 Å². The van der Waals surface area contributed by atoms with Gasteiger partial charge in [0.15, 0.2) is 6.10 Å². The zero-order valence-electron chi connectivity index (χ0n) is 16.5. The predicted octanol–water partition coefficient (Wildman–Crippen LogP) is 2.61. The van der Waals surface area contributed by atoms with E-state index >= 15 is 0 Å². The number of likely N-dealkylation sites (tertiary alicyclic amines) is 1. The molecule has 2 amide bonds. The van der Waals surface area contributed by atoms with Crippen LogP contribution in [0.4, 0.5) is 5.69 Å². The molecule has 1 aliphatic rings. The van der Waals surface area contributed by atoms with E-state index in [-0.39, 0.29) is 18.9 Å². The summed E-state index contributed by atoms with van der Waals surface area (Å²) in [4.78, 5) is 38.7. The Morgan fingerprint density at radius 1 is 1.14 bits per heavy atom. The fourth-order valence-corrected chi connectivity index (χ4v) is 3.19. The summed E-state index contributed by atoms with van der Waals surface area (Å²) in [5.41, 5.74) is 1.49. The summed E-state index contributed by atoms with van der Waals surface area (Å²) in [5, 5.41) is 2.69. The van der Waals surface area contributed by atoms with Crippen LogP contribution in [0.2, 0.25) is 0 Å². The Morgan fingerprint density at radius 3 is 2.55 bits per heavy atom. The van der Waals surface area contributed by atoms with Gasteiger partial charge in [-0.15, -0.1) is 0 Å². The third-order valence-electron chi connectivity index (χ3n) is 4.79. The average Bonchev–Trinajstić information content (AvgIpc) is 3.09. The second kappa shape index (κ2) is 9.23. The number of methoxy groups -OCH3 is 1. The molecule has 2 unspecified atom stereocenters. The molecule has 1 saturated heterocycles. The van der Waals surface area contributed by atoms with Gasteiger partial charge in [-0.1, -0.05) is 42.5 Å². The molecule has 1 fully saturated rings. The van der Waals surface area contributed by atoms with E-state index in [0.717, 1.165) is 5.56 Å². The number of carbonyl (C=O) groups excluding carboxylic acids is 3. The quantitative estimate of drug-likeness (QED) is 0.728. The number of nitrogens with zero attached hydrogens (tertiary/aromatic N) is 1. The number of ether oxygens (including phenoxy) is 2. The SMILES string of the molecule is COc1ccccc1NC(=O)C(C)OC(=O)C1CC(=O)N(Cc2ccccc2)C1. The highest BCUT2D eigenvalue weighted by Gasteiger charge is 2.36. The van der Waals surface area contributed by atoms with Crippen molar-refractivity contribution in [3.05, 3.63) is 60.2 Å². The van der Waals surface area contributed by atoms with Crippen molar-refractivity contribution in [2.45, 2.75) is 26.0 Å². The first-order valence-electron chi connectivity index (χ1n) is 9.44. The zero-order valence-corrected chi connectivity index (χ0v) is 16.5. The van der Waals surface area contributed by atoms with Crippen molar-refractivity contribution in [1.29, 1.82) is 0 Å². The van der Waals surface area contributed by atoms with Crippen LogP contribution in [0.15, 0.2) is 54.6 Å². The number of hydrogen-bond acceptors (Lipinski definition) is 5. The number of esters is 1. The van der Waals surface area contributed by atoms with Crippen molar-refractivity contribution < 1.29 is 23.9 Å². The number of rotatable bonds is 7. The van der Waals surface area contributed by atoms with Crippen molar-refractivity contribution in [1.82, 2.24) is 4.90 Å². The van der Waals surface area contributed by atoms with E-state index < -0.39 is 23.9 Å². The lowest BCUT2D eigenvalue weighted by atomic mass is 10.1. The normalized spacial score (nSPS) is 17.0. The molecule has 0 spiro atoms. The van der Waals surface area contributed by atoms with Gasteiger partial charge < -0.3 is 19.7 Å². The fourth-order valence-electron chi connectivity index (χ4n) is 3.19. The van der Waals surface area contributed by atoms with Gasteiger partial charge in [0, 0.05) is 19.5 Å².